The number of hydrogen-bond donors (Lipinski definition) is 0. The Bertz CT molecular complexity index is 531. The predicted octanol–water partition coefficient (Wildman–Crippen LogP) is -0.368. The third-order valence-electron chi connectivity index (χ3n) is 1.85. The van der Waals surface area contributed by atoms with Gasteiger partial charge in [-0.05, 0) is 18.2 Å². The first-order valence-electron chi connectivity index (χ1n) is 4.07. The van der Waals surface area contributed by atoms with Crippen LogP contribution in [0.25, 0.3) is 0 Å². The Morgan fingerprint density at radius 2 is 1.16 bits per heavy atom. The second-order valence-electron chi connectivity index (χ2n) is 3.20. The van der Waals surface area contributed by atoms with Crippen molar-refractivity contribution in [3.63, 3.8) is 0 Å². The zero-order chi connectivity index (χ0) is 14.4. The summed E-state index contributed by atoms with van der Waals surface area (Å²) in [6, 6.07) is -0.552. The average Bonchev–Trinajstić information content (AvgIpc) is 2.13. The van der Waals surface area contributed by atoms with Gasteiger partial charge in [-0.15, -0.1) is 0 Å². The normalized spacial score (nSPS) is 13.0. The minimum Gasteiger partial charge on any atom is -0.744 e. The summed E-state index contributed by atoms with van der Waals surface area (Å²) < 4.78 is 105. The molecule has 0 radical (unpaired) electrons. The summed E-state index contributed by atoms with van der Waals surface area (Å²) in [5, 5.41) is 0. The standard InChI is InChI=1S/C8H4F6O3S.Na/c9-7(10,11)4-1-5(8(12,13)14)3-6(2-4)18(15,16)17;/h1-3H,(H,15,16,17);/q;+1/p-1. The number of halogens is 6. The molecule has 1 aromatic rings. The Balaban J connectivity index is 0.00000324. The monoisotopic (exact) mass is 316 g/mol. The van der Waals surface area contributed by atoms with Crippen molar-refractivity contribution in [1.29, 1.82) is 0 Å². The van der Waals surface area contributed by atoms with Gasteiger partial charge in [0.25, 0.3) is 0 Å². The summed E-state index contributed by atoms with van der Waals surface area (Å²) in [6.07, 6.45) is -10.4. The summed E-state index contributed by atoms with van der Waals surface area (Å²) in [5.41, 5.74) is -3.71. The minimum absolute atomic E-state index is 0. The molecule has 1 aromatic carbocycles. The Morgan fingerprint density at radius 1 is 0.842 bits per heavy atom. The number of rotatable bonds is 1. The molecular weight excluding hydrogens is 313 g/mol. The van der Waals surface area contributed by atoms with E-state index in [1.54, 1.807) is 0 Å². The molecule has 0 heterocycles. The van der Waals surface area contributed by atoms with Crippen LogP contribution in [0.2, 0.25) is 0 Å². The Kier molecular flexibility index (Phi) is 5.52. The van der Waals surface area contributed by atoms with Gasteiger partial charge in [0.1, 0.15) is 10.1 Å². The molecule has 0 saturated carbocycles. The van der Waals surface area contributed by atoms with Crippen molar-refractivity contribution in [2.45, 2.75) is 17.2 Å². The van der Waals surface area contributed by atoms with Crippen molar-refractivity contribution in [2.75, 3.05) is 0 Å². The quantitative estimate of drug-likeness (QED) is 0.404. The number of benzene rings is 1. The van der Waals surface area contributed by atoms with Crippen molar-refractivity contribution in [3.05, 3.63) is 29.3 Å². The van der Waals surface area contributed by atoms with Crippen LogP contribution in [-0.4, -0.2) is 13.0 Å². The van der Waals surface area contributed by atoms with E-state index in [1.165, 1.54) is 0 Å². The summed E-state index contributed by atoms with van der Waals surface area (Å²) in [4.78, 5) is -1.58. The molecule has 0 bridgehead atoms. The van der Waals surface area contributed by atoms with Gasteiger partial charge in [-0.2, -0.15) is 26.3 Å². The van der Waals surface area contributed by atoms with Crippen LogP contribution in [0.1, 0.15) is 11.1 Å². The van der Waals surface area contributed by atoms with Crippen LogP contribution in [0.3, 0.4) is 0 Å². The van der Waals surface area contributed by atoms with Crippen molar-refractivity contribution in [1.82, 2.24) is 0 Å². The van der Waals surface area contributed by atoms with Crippen molar-refractivity contribution in [2.24, 2.45) is 0 Å². The van der Waals surface area contributed by atoms with E-state index in [9.17, 15) is 39.3 Å². The third-order valence-corrected chi connectivity index (χ3v) is 2.66. The molecule has 0 fully saturated rings. The molecule has 0 aromatic heterocycles. The van der Waals surface area contributed by atoms with E-state index in [2.05, 4.69) is 0 Å². The topological polar surface area (TPSA) is 57.2 Å². The summed E-state index contributed by atoms with van der Waals surface area (Å²) >= 11 is 0. The molecule has 0 N–H and O–H groups in total. The van der Waals surface area contributed by atoms with Gasteiger partial charge in [0.05, 0.1) is 16.0 Å². The van der Waals surface area contributed by atoms with Crippen LogP contribution in [0.5, 0.6) is 0 Å². The number of alkyl halides is 6. The maximum absolute atomic E-state index is 12.3. The van der Waals surface area contributed by atoms with Crippen LogP contribution in [0.4, 0.5) is 26.3 Å². The molecule has 19 heavy (non-hydrogen) atoms. The zero-order valence-corrected chi connectivity index (χ0v) is 11.9. The summed E-state index contributed by atoms with van der Waals surface area (Å²) in [7, 11) is -5.42. The molecule has 0 saturated heterocycles. The van der Waals surface area contributed by atoms with E-state index < -0.39 is 38.5 Å². The van der Waals surface area contributed by atoms with Crippen LogP contribution in [-0.2, 0) is 22.5 Å². The Morgan fingerprint density at radius 3 is 1.37 bits per heavy atom. The van der Waals surface area contributed by atoms with Gasteiger partial charge in [0.2, 0.25) is 0 Å². The van der Waals surface area contributed by atoms with Crippen molar-refractivity contribution >= 4 is 10.1 Å². The van der Waals surface area contributed by atoms with E-state index in [-0.39, 0.29) is 47.8 Å². The molecule has 11 heteroatoms. The fourth-order valence-corrected chi connectivity index (χ4v) is 1.61. The van der Waals surface area contributed by atoms with E-state index >= 15 is 0 Å². The molecule has 102 valence electrons. The molecule has 0 aliphatic heterocycles. The Hall–Kier alpha value is -0.290. The fourth-order valence-electron chi connectivity index (χ4n) is 1.07. The van der Waals surface area contributed by atoms with Crippen molar-refractivity contribution < 1.29 is 68.9 Å². The molecular formula is C8H3F6NaO3S. The van der Waals surface area contributed by atoms with Crippen LogP contribution < -0.4 is 29.6 Å². The van der Waals surface area contributed by atoms with Gasteiger partial charge in [-0.3, -0.25) is 0 Å². The maximum atomic E-state index is 12.3. The first-order valence-corrected chi connectivity index (χ1v) is 5.48. The van der Waals surface area contributed by atoms with E-state index in [0.29, 0.717) is 0 Å². The third kappa shape index (κ3) is 4.95. The molecule has 0 amide bonds. The van der Waals surface area contributed by atoms with Crippen LogP contribution in [0, 0.1) is 0 Å². The summed E-state index contributed by atoms with van der Waals surface area (Å²) in [5.74, 6) is 0. The fraction of sp³-hybridized carbons (Fsp3) is 0.250. The molecule has 0 unspecified atom stereocenters. The maximum Gasteiger partial charge on any atom is 1.00 e. The van der Waals surface area contributed by atoms with Gasteiger partial charge in [-0.1, -0.05) is 0 Å². The minimum atomic E-state index is -5.42. The van der Waals surface area contributed by atoms with Gasteiger partial charge in [0.15, 0.2) is 0 Å². The molecule has 1 rings (SSSR count). The second kappa shape index (κ2) is 5.60. The molecule has 0 aliphatic carbocycles. The second-order valence-corrected chi connectivity index (χ2v) is 4.58. The van der Waals surface area contributed by atoms with Gasteiger partial charge in [0, 0.05) is 0 Å². The van der Waals surface area contributed by atoms with E-state index in [0.717, 1.165) is 0 Å². The first kappa shape index (κ1) is 18.7. The zero-order valence-electron chi connectivity index (χ0n) is 9.13. The van der Waals surface area contributed by atoms with Crippen molar-refractivity contribution in [3.8, 4) is 0 Å². The van der Waals surface area contributed by atoms with Crippen LogP contribution in [0.15, 0.2) is 23.1 Å². The molecule has 3 nitrogen and oxygen atoms in total. The molecule has 0 aliphatic rings. The SMILES string of the molecule is O=S(=O)([O-])c1cc(C(F)(F)F)cc(C(F)(F)F)c1.[Na+]. The largest absolute Gasteiger partial charge is 1.00 e. The van der Waals surface area contributed by atoms with Crippen LogP contribution >= 0.6 is 0 Å². The Labute approximate surface area is 125 Å². The van der Waals surface area contributed by atoms with E-state index in [1.807, 2.05) is 0 Å². The van der Waals surface area contributed by atoms with Gasteiger partial charge in [-0.25, -0.2) is 8.42 Å². The summed E-state index contributed by atoms with van der Waals surface area (Å²) in [6.45, 7) is 0. The van der Waals surface area contributed by atoms with E-state index in [4.69, 9.17) is 0 Å². The first-order chi connectivity index (χ1) is 7.82. The molecule has 0 spiro atoms. The predicted molar refractivity (Wildman–Crippen MR) is 44.4 cm³/mol. The van der Waals surface area contributed by atoms with Gasteiger partial charge >= 0.3 is 41.9 Å². The molecule has 0 atom stereocenters. The smallest absolute Gasteiger partial charge is 0.744 e. The average molecular weight is 316 g/mol. The number of hydrogen-bond acceptors (Lipinski definition) is 3. The van der Waals surface area contributed by atoms with Gasteiger partial charge < -0.3 is 4.55 Å².